The number of aromatic amines is 1. The van der Waals surface area contributed by atoms with Crippen molar-refractivity contribution in [1.29, 1.82) is 0 Å². The molecule has 2 fully saturated rings. The highest BCUT2D eigenvalue weighted by Gasteiger charge is 2.49. The lowest BCUT2D eigenvalue weighted by Crippen LogP contribution is -2.35. The predicted molar refractivity (Wildman–Crippen MR) is 96.4 cm³/mol. The summed E-state index contributed by atoms with van der Waals surface area (Å²) >= 11 is 0. The van der Waals surface area contributed by atoms with Crippen LogP contribution in [0.5, 0.6) is 0 Å². The minimum Gasteiger partial charge on any atom is -0.481 e. The number of carboxylic acids is 1. The van der Waals surface area contributed by atoms with Gasteiger partial charge in [-0.1, -0.05) is 0 Å². The van der Waals surface area contributed by atoms with E-state index in [0.717, 1.165) is 25.2 Å². The molecule has 4 unspecified atom stereocenters. The van der Waals surface area contributed by atoms with Crippen LogP contribution in [-0.4, -0.2) is 37.1 Å². The van der Waals surface area contributed by atoms with Gasteiger partial charge in [-0.05, 0) is 37.2 Å². The Kier molecular flexibility index (Phi) is 3.78. The molecule has 3 aromatic rings. The molecule has 0 aromatic carbocycles. The van der Waals surface area contributed by atoms with Crippen LogP contribution in [-0.2, 0) is 4.79 Å². The quantitative estimate of drug-likeness (QED) is 0.637. The van der Waals surface area contributed by atoms with Crippen LogP contribution >= 0.6 is 0 Å². The zero-order valence-corrected chi connectivity index (χ0v) is 14.7. The molecule has 144 valence electrons. The summed E-state index contributed by atoms with van der Waals surface area (Å²) in [7, 11) is 0. The molecule has 0 aliphatic heterocycles. The molecule has 0 radical (unpaired) electrons. The number of carbonyl (C=O) groups is 1. The number of hydrogen-bond donors (Lipinski definition) is 3. The lowest BCUT2D eigenvalue weighted by atomic mass is 9.85. The Morgan fingerprint density at radius 1 is 1.21 bits per heavy atom. The summed E-state index contributed by atoms with van der Waals surface area (Å²) < 4.78 is 27.9. The molecule has 28 heavy (non-hydrogen) atoms. The fourth-order valence-corrected chi connectivity index (χ4v) is 4.74. The SMILES string of the molecule is O=C(O)C1CC2CC(Nc3nc(-c4c[nH]c5ncc(F)cc45)ncc3F)C1C2. The maximum absolute atomic E-state index is 14.4. The summed E-state index contributed by atoms with van der Waals surface area (Å²) in [6.45, 7) is 0. The van der Waals surface area contributed by atoms with Gasteiger partial charge in [0, 0.05) is 23.2 Å². The van der Waals surface area contributed by atoms with E-state index in [-0.39, 0.29) is 23.6 Å². The monoisotopic (exact) mass is 385 g/mol. The number of halogens is 2. The topological polar surface area (TPSA) is 104 Å². The van der Waals surface area contributed by atoms with Gasteiger partial charge in [0.1, 0.15) is 11.5 Å². The molecule has 5 rings (SSSR count). The zero-order chi connectivity index (χ0) is 19.4. The van der Waals surface area contributed by atoms with Crippen molar-refractivity contribution in [1.82, 2.24) is 19.9 Å². The van der Waals surface area contributed by atoms with E-state index in [4.69, 9.17) is 0 Å². The Labute approximate surface area is 158 Å². The lowest BCUT2D eigenvalue weighted by molar-refractivity contribution is -0.143. The lowest BCUT2D eigenvalue weighted by Gasteiger charge is -2.28. The van der Waals surface area contributed by atoms with Crippen molar-refractivity contribution in [2.75, 3.05) is 5.32 Å². The molecule has 3 heterocycles. The molecule has 0 amide bonds. The summed E-state index contributed by atoms with van der Waals surface area (Å²) in [6, 6.07) is 1.18. The minimum atomic E-state index is -0.795. The van der Waals surface area contributed by atoms with Crippen LogP contribution in [0.2, 0.25) is 0 Å². The van der Waals surface area contributed by atoms with Gasteiger partial charge in [0.05, 0.1) is 18.3 Å². The maximum Gasteiger partial charge on any atom is 0.306 e. The average molecular weight is 385 g/mol. The molecule has 0 saturated heterocycles. The van der Waals surface area contributed by atoms with E-state index in [1.165, 1.54) is 6.07 Å². The number of carboxylic acid groups (broad SMARTS) is 1. The van der Waals surface area contributed by atoms with Gasteiger partial charge in [-0.3, -0.25) is 4.79 Å². The smallest absolute Gasteiger partial charge is 0.306 e. The van der Waals surface area contributed by atoms with Gasteiger partial charge in [-0.15, -0.1) is 0 Å². The fraction of sp³-hybridized carbons (Fsp3) is 0.368. The number of anilines is 1. The second-order valence-corrected chi connectivity index (χ2v) is 7.57. The number of fused-ring (bicyclic) bond motifs is 3. The van der Waals surface area contributed by atoms with Crippen LogP contribution in [0.15, 0.2) is 24.7 Å². The van der Waals surface area contributed by atoms with Gasteiger partial charge in [-0.2, -0.15) is 0 Å². The molecule has 3 aromatic heterocycles. The van der Waals surface area contributed by atoms with E-state index < -0.39 is 23.5 Å². The second kappa shape index (κ2) is 6.22. The molecule has 2 aliphatic rings. The first-order valence-electron chi connectivity index (χ1n) is 9.14. The summed E-state index contributed by atoms with van der Waals surface area (Å²) in [6.07, 6.45) is 6.10. The third kappa shape index (κ3) is 2.69. The van der Waals surface area contributed by atoms with Crippen molar-refractivity contribution in [3.8, 4) is 11.4 Å². The Bertz CT molecular complexity index is 1090. The molecule has 4 atom stereocenters. The summed E-state index contributed by atoms with van der Waals surface area (Å²) in [5.74, 6) is -1.72. The first-order valence-corrected chi connectivity index (χ1v) is 9.14. The van der Waals surface area contributed by atoms with Crippen LogP contribution in [0.25, 0.3) is 22.4 Å². The number of rotatable bonds is 4. The number of pyridine rings is 1. The van der Waals surface area contributed by atoms with Crippen molar-refractivity contribution in [2.24, 2.45) is 17.8 Å². The molecule has 2 saturated carbocycles. The van der Waals surface area contributed by atoms with Gasteiger partial charge < -0.3 is 15.4 Å². The van der Waals surface area contributed by atoms with Crippen LogP contribution in [0, 0.1) is 29.4 Å². The summed E-state index contributed by atoms with van der Waals surface area (Å²) in [4.78, 5) is 26.7. The highest BCUT2D eigenvalue weighted by Crippen LogP contribution is 2.49. The number of aliphatic carboxylic acids is 1. The van der Waals surface area contributed by atoms with Crippen molar-refractivity contribution >= 4 is 22.8 Å². The Morgan fingerprint density at radius 2 is 2.07 bits per heavy atom. The maximum atomic E-state index is 14.4. The van der Waals surface area contributed by atoms with Crippen molar-refractivity contribution in [2.45, 2.75) is 25.3 Å². The van der Waals surface area contributed by atoms with Crippen LogP contribution in [0.3, 0.4) is 0 Å². The highest BCUT2D eigenvalue weighted by molar-refractivity contribution is 5.91. The molecule has 2 bridgehead atoms. The standard InChI is InChI=1S/C19H17F2N5O2/c20-9-4-11-13(6-23-16(11)22-5-9)17-24-7-14(21)18(26-17)25-15-3-8-1-10(15)12(2-8)19(27)28/h4-8,10,12,15H,1-3H2,(H,22,23)(H,27,28)(H,24,25,26). The molecule has 3 N–H and O–H groups in total. The van der Waals surface area contributed by atoms with E-state index in [0.29, 0.717) is 28.9 Å². The fourth-order valence-electron chi connectivity index (χ4n) is 4.74. The third-order valence-electron chi connectivity index (χ3n) is 5.94. The Hall–Kier alpha value is -3.10. The normalized spacial score (nSPS) is 26.1. The van der Waals surface area contributed by atoms with Gasteiger partial charge in [-0.25, -0.2) is 23.7 Å². The van der Waals surface area contributed by atoms with E-state index in [9.17, 15) is 18.7 Å². The molecule has 7 nitrogen and oxygen atoms in total. The van der Waals surface area contributed by atoms with E-state index in [1.54, 1.807) is 6.20 Å². The van der Waals surface area contributed by atoms with E-state index in [2.05, 4.69) is 25.3 Å². The van der Waals surface area contributed by atoms with Crippen LogP contribution in [0.4, 0.5) is 14.6 Å². The molecule has 9 heteroatoms. The Balaban J connectivity index is 1.47. The number of nitrogens with one attached hydrogen (secondary N) is 2. The molecule has 0 spiro atoms. The summed E-state index contributed by atoms with van der Waals surface area (Å²) in [5, 5.41) is 13.0. The first kappa shape index (κ1) is 17.0. The van der Waals surface area contributed by atoms with Gasteiger partial charge >= 0.3 is 5.97 Å². The number of nitrogens with zero attached hydrogens (tertiary/aromatic N) is 3. The first-order chi connectivity index (χ1) is 13.5. The molecular weight excluding hydrogens is 368 g/mol. The second-order valence-electron chi connectivity index (χ2n) is 7.57. The number of H-pyrrole nitrogens is 1. The Morgan fingerprint density at radius 3 is 2.86 bits per heavy atom. The van der Waals surface area contributed by atoms with Gasteiger partial charge in [0.15, 0.2) is 17.5 Å². The van der Waals surface area contributed by atoms with Crippen molar-refractivity contribution < 1.29 is 18.7 Å². The molecular formula is C19H17F2N5O2. The predicted octanol–water partition coefficient (Wildman–Crippen LogP) is 3.21. The average Bonchev–Trinajstić information content (AvgIpc) is 3.37. The third-order valence-corrected chi connectivity index (χ3v) is 5.94. The van der Waals surface area contributed by atoms with E-state index in [1.807, 2.05) is 0 Å². The van der Waals surface area contributed by atoms with Gasteiger partial charge in [0.2, 0.25) is 0 Å². The van der Waals surface area contributed by atoms with Gasteiger partial charge in [0.25, 0.3) is 0 Å². The summed E-state index contributed by atoms with van der Waals surface area (Å²) in [5.41, 5.74) is 0.998. The largest absolute Gasteiger partial charge is 0.481 e. The minimum absolute atomic E-state index is 0.0328. The van der Waals surface area contributed by atoms with Crippen molar-refractivity contribution in [3.63, 3.8) is 0 Å². The zero-order valence-electron chi connectivity index (χ0n) is 14.7. The number of hydrogen-bond acceptors (Lipinski definition) is 5. The van der Waals surface area contributed by atoms with E-state index >= 15 is 0 Å². The van der Waals surface area contributed by atoms with Crippen molar-refractivity contribution in [3.05, 3.63) is 36.3 Å². The van der Waals surface area contributed by atoms with Crippen LogP contribution in [0.1, 0.15) is 19.3 Å². The highest BCUT2D eigenvalue weighted by atomic mass is 19.1. The van der Waals surface area contributed by atoms with Crippen LogP contribution < -0.4 is 5.32 Å². The number of aromatic nitrogens is 4. The molecule has 2 aliphatic carbocycles.